The minimum Gasteiger partial charge on any atom is -0.455 e. The van der Waals surface area contributed by atoms with E-state index in [-0.39, 0.29) is 10.8 Å². The van der Waals surface area contributed by atoms with Gasteiger partial charge in [0.05, 0.1) is 0 Å². The molecular formula is C126H82N2OS5. The molecule has 632 valence electrons. The lowest BCUT2D eigenvalue weighted by atomic mass is 9.82. The third-order valence-electron chi connectivity index (χ3n) is 28.7. The zero-order chi connectivity index (χ0) is 88.8. The molecule has 6 heterocycles. The number of anilines is 6. The number of furan rings is 1. The van der Waals surface area contributed by atoms with Crippen molar-refractivity contribution >= 4 is 214 Å². The van der Waals surface area contributed by atoms with Gasteiger partial charge < -0.3 is 14.2 Å². The van der Waals surface area contributed by atoms with Crippen molar-refractivity contribution in [3.05, 3.63) is 447 Å². The minimum atomic E-state index is -0.0925. The van der Waals surface area contributed by atoms with Crippen molar-refractivity contribution in [3.8, 4) is 89.0 Å². The van der Waals surface area contributed by atoms with Crippen LogP contribution in [0.25, 0.3) is 212 Å². The molecule has 134 heavy (non-hydrogen) atoms. The van der Waals surface area contributed by atoms with Crippen LogP contribution in [0.5, 0.6) is 0 Å². The first-order chi connectivity index (χ1) is 65.9. The second-order valence-electron chi connectivity index (χ2n) is 36.7. The molecule has 26 aromatic rings. The van der Waals surface area contributed by atoms with Crippen LogP contribution in [-0.4, -0.2) is 0 Å². The summed E-state index contributed by atoms with van der Waals surface area (Å²) in [6.07, 6.45) is 0. The highest BCUT2D eigenvalue weighted by Crippen LogP contribution is 2.58. The van der Waals surface area contributed by atoms with Crippen LogP contribution in [0.15, 0.2) is 429 Å². The van der Waals surface area contributed by atoms with Gasteiger partial charge in [0.15, 0.2) is 0 Å². The summed E-state index contributed by atoms with van der Waals surface area (Å²) in [5, 5.41) is 15.5. The minimum absolute atomic E-state index is 0.0259. The van der Waals surface area contributed by atoms with Gasteiger partial charge >= 0.3 is 0 Å². The van der Waals surface area contributed by atoms with E-state index in [1.807, 2.05) is 56.7 Å². The first-order valence-corrected chi connectivity index (χ1v) is 50.1. The van der Waals surface area contributed by atoms with Gasteiger partial charge in [-0.15, -0.1) is 56.7 Å². The second kappa shape index (κ2) is 30.8. The number of hydrogen-bond acceptors (Lipinski definition) is 8. The Hall–Kier alpha value is -15.1. The highest BCUT2D eigenvalue weighted by atomic mass is 32.1. The predicted molar refractivity (Wildman–Crippen MR) is 582 cm³/mol. The summed E-state index contributed by atoms with van der Waals surface area (Å²) >= 11 is 9.47. The molecule has 8 heteroatoms. The molecule has 6 aromatic heterocycles. The predicted octanol–water partition coefficient (Wildman–Crippen LogP) is 38.7. The first kappa shape index (κ1) is 78.7. The van der Waals surface area contributed by atoms with Gasteiger partial charge in [0, 0.05) is 173 Å². The number of nitrogens with zero attached hydrogens (tertiary/aromatic N) is 2. The highest BCUT2D eigenvalue weighted by Gasteiger charge is 2.39. The average Bonchev–Trinajstić information content (AvgIpc) is 1.55. The number of rotatable bonds is 12. The number of para-hydroxylation sites is 1. The smallest absolute Gasteiger partial charge is 0.143 e. The summed E-state index contributed by atoms with van der Waals surface area (Å²) in [6, 6.07) is 157. The van der Waals surface area contributed by atoms with Crippen molar-refractivity contribution in [1.29, 1.82) is 0 Å². The largest absolute Gasteiger partial charge is 0.455 e. The zero-order valence-corrected chi connectivity index (χ0v) is 77.8. The van der Waals surface area contributed by atoms with Crippen LogP contribution in [-0.2, 0) is 10.8 Å². The lowest BCUT2D eigenvalue weighted by Crippen LogP contribution is -2.14. The number of benzene rings is 20. The third-order valence-corrected chi connectivity index (χ3v) is 34.8. The molecule has 0 fully saturated rings. The maximum Gasteiger partial charge on any atom is 0.143 e. The van der Waals surface area contributed by atoms with Crippen molar-refractivity contribution in [3.63, 3.8) is 0 Å². The Morgan fingerprint density at radius 2 is 0.410 bits per heavy atom. The van der Waals surface area contributed by atoms with Crippen LogP contribution < -0.4 is 9.80 Å². The Balaban J connectivity index is 0.000000136. The Kier molecular flexibility index (Phi) is 18.1. The molecule has 0 bridgehead atoms. The summed E-state index contributed by atoms with van der Waals surface area (Å²) in [7, 11) is 0. The Labute approximate surface area is 795 Å². The standard InChI is InChI=1S/C63H41NOS2.C63H41NS3/c1-63(2)54-21-6-3-14-53(54)58-55(63)37-36-50-49-18-9-15-44(59(49)65-60(50)58)38-24-30-41(31-25-38)64(42-32-26-39(27-33-42)45-16-10-19-51-47-12-4-7-22-56(47)66-61(45)51)43-34-28-40(29-35-43)46-17-11-20-52-48-13-5-8-23-57(48)67-62(46)52;1-63(2)54-21-6-3-14-53(54)58-55(63)37-36-52-51-20-11-17-46(61(51)67-62(52)58)40-28-34-43(35-29-40)64(41-30-24-38(25-31-41)44-15-9-18-49-47-12-4-7-22-56(47)65-59(44)49)42-32-26-39(27-33-42)45-16-10-19-50-48-13-5-8-23-57(48)66-60(45)50/h2*3-37H,1-2H3. The molecule has 20 aromatic carbocycles. The van der Waals surface area contributed by atoms with Crippen LogP contribution in [0, 0.1) is 0 Å². The number of thiophene rings is 5. The van der Waals surface area contributed by atoms with Gasteiger partial charge in [-0.3, -0.25) is 0 Å². The maximum atomic E-state index is 7.02. The quantitative estimate of drug-likeness (QED) is 0.122. The lowest BCUT2D eigenvalue weighted by Gasteiger charge is -2.26. The normalized spacial score (nSPS) is 13.0. The maximum absolute atomic E-state index is 7.02. The fourth-order valence-corrected chi connectivity index (χ4v) is 28.4. The summed E-state index contributed by atoms with van der Waals surface area (Å²) in [5.41, 5.74) is 33.8. The number of hydrogen-bond donors (Lipinski definition) is 0. The van der Waals surface area contributed by atoms with Crippen molar-refractivity contribution < 1.29 is 4.42 Å². The van der Waals surface area contributed by atoms with E-state index in [0.29, 0.717) is 0 Å². The van der Waals surface area contributed by atoms with Crippen molar-refractivity contribution in [2.45, 2.75) is 38.5 Å². The van der Waals surface area contributed by atoms with Gasteiger partial charge in [-0.2, -0.15) is 0 Å². The second-order valence-corrected chi connectivity index (χ2v) is 41.9. The zero-order valence-electron chi connectivity index (χ0n) is 73.8. The van der Waals surface area contributed by atoms with Gasteiger partial charge in [-0.25, -0.2) is 0 Å². The molecule has 0 saturated heterocycles. The molecule has 0 unspecified atom stereocenters. The first-order valence-electron chi connectivity index (χ1n) is 46.0. The third kappa shape index (κ3) is 12.3. The van der Waals surface area contributed by atoms with Crippen LogP contribution in [0.3, 0.4) is 0 Å². The van der Waals surface area contributed by atoms with E-state index in [0.717, 1.165) is 67.2 Å². The van der Waals surface area contributed by atoms with Gasteiger partial charge in [0.25, 0.3) is 0 Å². The molecule has 3 nitrogen and oxygen atoms in total. The van der Waals surface area contributed by atoms with Gasteiger partial charge in [-0.1, -0.05) is 355 Å². The molecular weight excluding hydrogens is 1720 g/mol. The van der Waals surface area contributed by atoms with Crippen LogP contribution in [0.2, 0.25) is 0 Å². The van der Waals surface area contributed by atoms with Gasteiger partial charge in [0.1, 0.15) is 11.2 Å². The van der Waals surface area contributed by atoms with Crippen molar-refractivity contribution in [1.82, 2.24) is 0 Å². The van der Waals surface area contributed by atoms with E-state index >= 15 is 0 Å². The number of fused-ring (bicyclic) bond motifs is 26. The molecule has 0 aliphatic heterocycles. The van der Waals surface area contributed by atoms with E-state index in [1.165, 1.54) is 201 Å². The average molecular weight is 1800 g/mol. The SMILES string of the molecule is CC1(C)c2ccccc2-c2c1ccc1c2oc2c(-c3ccc(N(c4ccc(-c5cccc6c5sc5ccccc56)cc4)c4ccc(-c5cccc6c5sc5ccccc56)cc4)cc3)cccc21.CC1(C)c2ccccc2-c2c1ccc1c2sc2c(-c3ccc(N(c4ccc(-c5cccc6c5sc5ccccc56)cc4)c4ccc(-c5cccc6c5sc5ccccc56)cc4)cc3)cccc21. The van der Waals surface area contributed by atoms with E-state index in [1.54, 1.807) is 0 Å². The van der Waals surface area contributed by atoms with Crippen LogP contribution >= 0.6 is 56.7 Å². The summed E-state index contributed by atoms with van der Waals surface area (Å²) < 4.78 is 20.3. The Bertz CT molecular complexity index is 8450. The topological polar surface area (TPSA) is 19.6 Å². The molecule has 0 radical (unpaired) electrons. The van der Waals surface area contributed by atoms with E-state index in [2.05, 4.69) is 462 Å². The monoisotopic (exact) mass is 1800 g/mol. The van der Waals surface area contributed by atoms with E-state index < -0.39 is 0 Å². The fraction of sp³-hybridized carbons (Fsp3) is 0.0476. The lowest BCUT2D eigenvalue weighted by molar-refractivity contribution is 0.653. The molecule has 0 atom stereocenters. The molecule has 0 saturated carbocycles. The molecule has 0 amide bonds. The summed E-state index contributed by atoms with van der Waals surface area (Å²) in [5.74, 6) is 0. The van der Waals surface area contributed by atoms with Crippen molar-refractivity contribution in [2.24, 2.45) is 0 Å². The fourth-order valence-electron chi connectivity index (χ4n) is 22.1. The molecule has 28 rings (SSSR count). The van der Waals surface area contributed by atoms with E-state index in [4.69, 9.17) is 4.42 Å². The Morgan fingerprint density at radius 3 is 0.761 bits per heavy atom. The Morgan fingerprint density at radius 1 is 0.172 bits per heavy atom. The summed E-state index contributed by atoms with van der Waals surface area (Å²) in [6.45, 7) is 9.39. The molecule has 0 N–H and O–H groups in total. The molecule has 0 spiro atoms. The molecule has 2 aliphatic rings. The summed E-state index contributed by atoms with van der Waals surface area (Å²) in [4.78, 5) is 4.78. The highest BCUT2D eigenvalue weighted by molar-refractivity contribution is 7.28. The van der Waals surface area contributed by atoms with E-state index in [9.17, 15) is 0 Å². The van der Waals surface area contributed by atoms with Crippen molar-refractivity contribution in [2.75, 3.05) is 9.80 Å². The van der Waals surface area contributed by atoms with Crippen LogP contribution in [0.4, 0.5) is 34.1 Å². The van der Waals surface area contributed by atoms with Gasteiger partial charge in [0.2, 0.25) is 0 Å². The van der Waals surface area contributed by atoms with Gasteiger partial charge in [-0.05, 0) is 192 Å². The molecule has 2 aliphatic carbocycles. The van der Waals surface area contributed by atoms with Crippen LogP contribution in [0.1, 0.15) is 49.9 Å².